The van der Waals surface area contributed by atoms with Crippen LogP contribution in [0.3, 0.4) is 0 Å². The summed E-state index contributed by atoms with van der Waals surface area (Å²) in [6, 6.07) is 33.2. The fraction of sp³-hybridized carbons (Fsp3) is 0.278. The Labute approximate surface area is 259 Å². The first-order chi connectivity index (χ1) is 21.6. The summed E-state index contributed by atoms with van der Waals surface area (Å²) in [5, 5.41) is 0. The molecule has 8 heteroatoms. The van der Waals surface area contributed by atoms with Gasteiger partial charge in [0.15, 0.2) is 0 Å². The smallest absolute Gasteiger partial charge is 0.258 e. The molecular weight excluding hydrogens is 556 g/mol. The van der Waals surface area contributed by atoms with Gasteiger partial charge in [-0.05, 0) is 74.5 Å². The van der Waals surface area contributed by atoms with Gasteiger partial charge >= 0.3 is 0 Å². The minimum absolute atomic E-state index is 0.198. The van der Waals surface area contributed by atoms with Crippen molar-refractivity contribution in [3.8, 4) is 11.5 Å². The number of hydrogen-bond donors (Lipinski definition) is 0. The van der Waals surface area contributed by atoms with Crippen molar-refractivity contribution in [1.29, 1.82) is 0 Å². The number of para-hydroxylation sites is 2. The molecule has 0 heterocycles. The van der Waals surface area contributed by atoms with Crippen LogP contribution in [-0.2, 0) is 9.47 Å². The maximum atomic E-state index is 14.0. The van der Waals surface area contributed by atoms with E-state index in [4.69, 9.17) is 18.9 Å². The summed E-state index contributed by atoms with van der Waals surface area (Å²) in [4.78, 5) is 31.3. The molecule has 230 valence electrons. The van der Waals surface area contributed by atoms with Crippen LogP contribution in [0.15, 0.2) is 109 Å². The molecule has 0 aromatic heterocycles. The first kappa shape index (κ1) is 32.3. The topological polar surface area (TPSA) is 77.5 Å². The lowest BCUT2D eigenvalue weighted by molar-refractivity contribution is 0.0966. The van der Waals surface area contributed by atoms with E-state index in [0.29, 0.717) is 62.3 Å². The van der Waals surface area contributed by atoms with Crippen molar-refractivity contribution in [3.63, 3.8) is 0 Å². The largest absolute Gasteiger partial charge is 0.491 e. The predicted molar refractivity (Wildman–Crippen MR) is 173 cm³/mol. The SMILES string of the molecule is CCOCCOc1cccc(C(=O)N(CCN(C(=O)c2cccc(OCCOCC)c2)c2ccccc2)c2ccccc2)c1. The standard InChI is InChI=1S/C36H40N2O6/c1-3-41-23-25-43-33-19-11-13-29(27-33)35(39)37(31-15-7-5-8-16-31)21-22-38(32-17-9-6-10-18-32)36(40)30-14-12-20-34(28-30)44-26-24-42-4-2/h5-20,27-28H,3-4,21-26H2,1-2H3. The van der Waals surface area contributed by atoms with Gasteiger partial charge in [-0.3, -0.25) is 9.59 Å². The third kappa shape index (κ3) is 9.42. The number of anilines is 2. The van der Waals surface area contributed by atoms with E-state index in [1.165, 1.54) is 0 Å². The number of carbonyl (C=O) groups excluding carboxylic acids is 2. The van der Waals surface area contributed by atoms with Crippen LogP contribution in [-0.4, -0.2) is 64.5 Å². The molecule has 0 fully saturated rings. The molecule has 0 atom stereocenters. The normalized spacial score (nSPS) is 10.7. The molecule has 0 spiro atoms. The van der Waals surface area contributed by atoms with Gasteiger partial charge in [0, 0.05) is 48.8 Å². The van der Waals surface area contributed by atoms with Crippen LogP contribution in [0.5, 0.6) is 11.5 Å². The van der Waals surface area contributed by atoms with Crippen LogP contribution < -0.4 is 19.3 Å². The van der Waals surface area contributed by atoms with Crippen LogP contribution in [0.2, 0.25) is 0 Å². The van der Waals surface area contributed by atoms with Crippen molar-refractivity contribution < 1.29 is 28.5 Å². The number of nitrogens with zero attached hydrogens (tertiary/aromatic N) is 2. The molecular formula is C36H40N2O6. The van der Waals surface area contributed by atoms with Crippen molar-refractivity contribution >= 4 is 23.2 Å². The fourth-order valence-corrected chi connectivity index (χ4v) is 4.59. The lowest BCUT2D eigenvalue weighted by atomic mass is 10.1. The van der Waals surface area contributed by atoms with Crippen molar-refractivity contribution in [3.05, 3.63) is 120 Å². The highest BCUT2D eigenvalue weighted by atomic mass is 16.5. The molecule has 0 radical (unpaired) electrons. The first-order valence-electron chi connectivity index (χ1n) is 15.0. The second kappa shape index (κ2) is 17.5. The highest BCUT2D eigenvalue weighted by Gasteiger charge is 2.23. The molecule has 0 aliphatic rings. The van der Waals surface area contributed by atoms with Gasteiger partial charge in [-0.25, -0.2) is 0 Å². The summed E-state index contributed by atoms with van der Waals surface area (Å²) in [5.74, 6) is 0.786. The van der Waals surface area contributed by atoms with Gasteiger partial charge in [-0.15, -0.1) is 0 Å². The summed E-state index contributed by atoms with van der Waals surface area (Å²) in [5.41, 5.74) is 2.42. The lowest BCUT2D eigenvalue weighted by Gasteiger charge is -2.28. The summed E-state index contributed by atoms with van der Waals surface area (Å²) >= 11 is 0. The van der Waals surface area contributed by atoms with E-state index < -0.39 is 0 Å². The van der Waals surface area contributed by atoms with Gasteiger partial charge in [0.25, 0.3) is 11.8 Å². The number of rotatable bonds is 17. The summed E-state index contributed by atoms with van der Waals surface area (Å²) in [6.45, 7) is 7.32. The number of carbonyl (C=O) groups is 2. The Morgan fingerprint density at radius 2 is 0.932 bits per heavy atom. The van der Waals surface area contributed by atoms with Crippen molar-refractivity contribution in [1.82, 2.24) is 0 Å². The molecule has 4 aromatic rings. The number of benzene rings is 4. The van der Waals surface area contributed by atoms with E-state index >= 15 is 0 Å². The third-order valence-corrected chi connectivity index (χ3v) is 6.74. The van der Waals surface area contributed by atoms with E-state index in [9.17, 15) is 9.59 Å². The predicted octanol–water partition coefficient (Wildman–Crippen LogP) is 6.51. The lowest BCUT2D eigenvalue weighted by Crippen LogP contribution is -2.41. The Kier molecular flexibility index (Phi) is 12.8. The Morgan fingerprint density at radius 1 is 0.523 bits per heavy atom. The highest BCUT2D eigenvalue weighted by molar-refractivity contribution is 6.08. The maximum absolute atomic E-state index is 14.0. The van der Waals surface area contributed by atoms with Gasteiger partial charge < -0.3 is 28.7 Å². The maximum Gasteiger partial charge on any atom is 0.258 e. The van der Waals surface area contributed by atoms with Crippen LogP contribution in [0.1, 0.15) is 34.6 Å². The quantitative estimate of drug-likeness (QED) is 0.129. The molecule has 0 aliphatic carbocycles. The zero-order valence-electron chi connectivity index (χ0n) is 25.4. The number of amides is 2. The molecule has 4 aromatic carbocycles. The first-order valence-corrected chi connectivity index (χ1v) is 15.0. The summed E-state index contributed by atoms with van der Waals surface area (Å²) in [6.07, 6.45) is 0. The van der Waals surface area contributed by atoms with Crippen LogP contribution in [0.4, 0.5) is 11.4 Å². The van der Waals surface area contributed by atoms with Gasteiger partial charge in [-0.2, -0.15) is 0 Å². The summed E-state index contributed by atoms with van der Waals surface area (Å²) < 4.78 is 22.3. The number of ether oxygens (including phenoxy) is 4. The molecule has 44 heavy (non-hydrogen) atoms. The second-order valence-electron chi connectivity index (χ2n) is 9.73. The van der Waals surface area contributed by atoms with E-state index in [0.717, 1.165) is 11.4 Å². The fourth-order valence-electron chi connectivity index (χ4n) is 4.59. The molecule has 0 unspecified atom stereocenters. The molecule has 4 rings (SSSR count). The molecule has 0 saturated carbocycles. The number of hydrogen-bond acceptors (Lipinski definition) is 6. The van der Waals surface area contributed by atoms with Gasteiger partial charge in [0.05, 0.1) is 13.2 Å². The second-order valence-corrected chi connectivity index (χ2v) is 9.73. The summed E-state index contributed by atoms with van der Waals surface area (Å²) in [7, 11) is 0. The van der Waals surface area contributed by atoms with Gasteiger partial charge in [0.1, 0.15) is 24.7 Å². The van der Waals surface area contributed by atoms with Crippen molar-refractivity contribution in [2.45, 2.75) is 13.8 Å². The Balaban J connectivity index is 1.56. The Hall–Kier alpha value is -4.66. The zero-order chi connectivity index (χ0) is 31.0. The van der Waals surface area contributed by atoms with Crippen molar-refractivity contribution in [2.24, 2.45) is 0 Å². The molecule has 2 amide bonds. The molecule has 0 saturated heterocycles. The van der Waals surface area contributed by atoms with E-state index in [1.54, 1.807) is 46.2 Å². The van der Waals surface area contributed by atoms with Crippen molar-refractivity contribution in [2.75, 3.05) is 62.5 Å². The molecule has 0 aliphatic heterocycles. The molecule has 0 N–H and O–H groups in total. The highest BCUT2D eigenvalue weighted by Crippen LogP contribution is 2.23. The van der Waals surface area contributed by atoms with Crippen LogP contribution in [0, 0.1) is 0 Å². The Morgan fingerprint density at radius 3 is 1.32 bits per heavy atom. The van der Waals surface area contributed by atoms with E-state index in [1.807, 2.05) is 86.6 Å². The minimum Gasteiger partial charge on any atom is -0.491 e. The van der Waals surface area contributed by atoms with E-state index in [2.05, 4.69) is 0 Å². The van der Waals surface area contributed by atoms with Crippen LogP contribution in [0.25, 0.3) is 0 Å². The molecule has 8 nitrogen and oxygen atoms in total. The average molecular weight is 597 g/mol. The minimum atomic E-state index is -0.198. The third-order valence-electron chi connectivity index (χ3n) is 6.74. The molecule has 0 bridgehead atoms. The average Bonchev–Trinajstić information content (AvgIpc) is 3.08. The zero-order valence-corrected chi connectivity index (χ0v) is 25.4. The van der Waals surface area contributed by atoms with Gasteiger partial charge in [0.2, 0.25) is 0 Å². The Bertz CT molecular complexity index is 1340. The van der Waals surface area contributed by atoms with Gasteiger partial charge in [-0.1, -0.05) is 48.5 Å². The monoisotopic (exact) mass is 596 g/mol. The van der Waals surface area contributed by atoms with E-state index in [-0.39, 0.29) is 24.9 Å². The van der Waals surface area contributed by atoms with Crippen LogP contribution >= 0.6 is 0 Å².